The first-order valence-electron chi connectivity index (χ1n) is 2.03. The van der Waals surface area contributed by atoms with Crippen molar-refractivity contribution in [3.63, 3.8) is 0 Å². The first-order valence-corrected chi connectivity index (χ1v) is 2.88. The van der Waals surface area contributed by atoms with E-state index in [0.717, 1.165) is 0 Å². The maximum Gasteiger partial charge on any atom is 0.0565 e. The van der Waals surface area contributed by atoms with Crippen molar-refractivity contribution in [2.45, 2.75) is 19.4 Å². The fourth-order valence-electron chi connectivity index (χ4n) is 0.253. The van der Waals surface area contributed by atoms with Gasteiger partial charge in [0.1, 0.15) is 0 Å². The smallest absolute Gasteiger partial charge is 0.0565 e. The maximum absolute atomic E-state index is 8.59. The molecule has 0 aromatic carbocycles. The molecule has 1 N–H and O–H groups in total. The molecule has 0 bridgehead atoms. The fourth-order valence-corrected chi connectivity index (χ4v) is 0.758. The van der Waals surface area contributed by atoms with Crippen LogP contribution in [0.2, 0.25) is 0 Å². The highest BCUT2D eigenvalue weighted by atomic mass is 32.1. The van der Waals surface area contributed by atoms with Gasteiger partial charge in [-0.1, -0.05) is 12.2 Å². The molecule has 0 aliphatic carbocycles. The van der Waals surface area contributed by atoms with Crippen LogP contribution in [-0.2, 0) is 0 Å². The van der Waals surface area contributed by atoms with Crippen LogP contribution in [0.25, 0.3) is 0 Å². The van der Waals surface area contributed by atoms with Crippen LogP contribution in [0.3, 0.4) is 0 Å². The highest BCUT2D eigenvalue weighted by molar-refractivity contribution is 8.11. The zero-order chi connectivity index (χ0) is 5.86. The van der Waals surface area contributed by atoms with E-state index in [9.17, 15) is 0 Å². The van der Waals surface area contributed by atoms with Crippen molar-refractivity contribution in [1.29, 1.82) is 0 Å². The van der Waals surface area contributed by atoms with Crippen molar-refractivity contribution in [1.82, 2.24) is 0 Å². The van der Waals surface area contributed by atoms with E-state index in [-0.39, 0.29) is 6.10 Å². The van der Waals surface area contributed by atoms with E-state index in [1.807, 2.05) is 0 Å². The Bertz CT molecular complexity index is 70.1. The van der Waals surface area contributed by atoms with Crippen molar-refractivity contribution in [3.8, 4) is 0 Å². The molecule has 42 valence electrons. The lowest BCUT2D eigenvalue weighted by Crippen LogP contribution is -2.01. The van der Waals surface area contributed by atoms with Gasteiger partial charge in [0.2, 0.25) is 0 Å². The lowest BCUT2D eigenvalue weighted by atomic mass is 10.3. The second kappa shape index (κ2) is 3.41. The molecule has 0 fully saturated rings. The normalized spacial score (nSPS) is 13.6. The van der Waals surface area contributed by atoms with Gasteiger partial charge in [-0.05, 0) is 6.92 Å². The summed E-state index contributed by atoms with van der Waals surface area (Å²) < 4.78 is 0.565. The highest BCUT2D eigenvalue weighted by Crippen LogP contribution is 1.95. The summed E-state index contributed by atoms with van der Waals surface area (Å²) in [6, 6.07) is 0. The van der Waals surface area contributed by atoms with Crippen molar-refractivity contribution >= 4 is 29.0 Å². The van der Waals surface area contributed by atoms with E-state index < -0.39 is 0 Å². The molecule has 0 aliphatic heterocycles. The minimum atomic E-state index is -0.343. The number of aliphatic hydroxyl groups excluding tert-OH is 1. The molecule has 3 heteroatoms. The summed E-state index contributed by atoms with van der Waals surface area (Å²) in [6.07, 6.45) is 0.170. The van der Waals surface area contributed by atoms with E-state index in [2.05, 4.69) is 24.8 Å². The molecule has 0 rings (SSSR count). The van der Waals surface area contributed by atoms with Crippen LogP contribution in [0.15, 0.2) is 0 Å². The summed E-state index contributed by atoms with van der Waals surface area (Å²) in [5.74, 6) is 0. The Morgan fingerprint density at radius 3 is 2.43 bits per heavy atom. The Kier molecular flexibility index (Phi) is 3.60. The van der Waals surface area contributed by atoms with E-state index in [1.165, 1.54) is 0 Å². The van der Waals surface area contributed by atoms with E-state index in [1.54, 1.807) is 6.92 Å². The third-order valence-corrected chi connectivity index (χ3v) is 0.819. The van der Waals surface area contributed by atoms with E-state index in [0.29, 0.717) is 10.6 Å². The molecule has 1 nitrogen and oxygen atoms in total. The predicted molar refractivity (Wildman–Crippen MR) is 37.9 cm³/mol. The lowest BCUT2D eigenvalue weighted by molar-refractivity contribution is 0.204. The molecule has 0 amide bonds. The molecule has 0 aromatic heterocycles. The minimum absolute atomic E-state index is 0.343. The Labute approximate surface area is 54.1 Å². The first-order chi connectivity index (χ1) is 3.13. The van der Waals surface area contributed by atoms with Crippen LogP contribution in [0.1, 0.15) is 13.3 Å². The van der Waals surface area contributed by atoms with Crippen molar-refractivity contribution < 1.29 is 5.11 Å². The summed E-state index contributed by atoms with van der Waals surface area (Å²) in [5, 5.41) is 8.59. The van der Waals surface area contributed by atoms with Gasteiger partial charge in [-0.2, -0.15) is 0 Å². The summed E-state index contributed by atoms with van der Waals surface area (Å²) in [6.45, 7) is 1.68. The topological polar surface area (TPSA) is 20.2 Å². The Morgan fingerprint density at radius 2 is 2.43 bits per heavy atom. The molecule has 1 atom stereocenters. The molecule has 0 radical (unpaired) electrons. The SMILES string of the molecule is C[C@H](O)CC(=S)S. The van der Waals surface area contributed by atoms with Crippen molar-refractivity contribution in [3.05, 3.63) is 0 Å². The van der Waals surface area contributed by atoms with E-state index >= 15 is 0 Å². The molecule has 0 unspecified atom stereocenters. The third kappa shape index (κ3) is 6.40. The number of hydrogen-bond acceptors (Lipinski definition) is 2. The Balaban J connectivity index is 3.13. The fraction of sp³-hybridized carbons (Fsp3) is 0.750. The zero-order valence-electron chi connectivity index (χ0n) is 4.09. The minimum Gasteiger partial charge on any atom is -0.393 e. The van der Waals surface area contributed by atoms with Crippen LogP contribution in [-0.4, -0.2) is 15.4 Å². The molecule has 0 aromatic rings. The average molecular weight is 136 g/mol. The van der Waals surface area contributed by atoms with E-state index in [4.69, 9.17) is 5.11 Å². The second-order valence-electron chi connectivity index (χ2n) is 1.45. The number of thiol groups is 1. The standard InChI is InChI=1S/C4H8OS2/c1-3(5)2-4(6)7/h3,5H,2H2,1H3,(H,6,7)/t3-/m0/s1. The second-order valence-corrected chi connectivity index (χ2v) is 2.78. The van der Waals surface area contributed by atoms with Gasteiger partial charge in [0.25, 0.3) is 0 Å². The summed E-state index contributed by atoms with van der Waals surface area (Å²) in [5.41, 5.74) is 0. The average Bonchev–Trinajstić information content (AvgIpc) is 1.27. The maximum atomic E-state index is 8.59. The molecular formula is C4H8OS2. The molecule has 0 saturated carbocycles. The summed E-state index contributed by atoms with van der Waals surface area (Å²) in [7, 11) is 0. The van der Waals surface area contributed by atoms with Crippen molar-refractivity contribution in [2.24, 2.45) is 0 Å². The molecule has 0 heterocycles. The highest BCUT2D eigenvalue weighted by Gasteiger charge is 1.94. The zero-order valence-corrected chi connectivity index (χ0v) is 5.80. The number of rotatable bonds is 2. The van der Waals surface area contributed by atoms with Crippen LogP contribution >= 0.6 is 24.8 Å². The predicted octanol–water partition coefficient (Wildman–Crippen LogP) is 1.01. The monoisotopic (exact) mass is 136 g/mol. The largest absolute Gasteiger partial charge is 0.393 e. The van der Waals surface area contributed by atoms with Gasteiger partial charge in [-0.15, -0.1) is 12.6 Å². The molecular weight excluding hydrogens is 128 g/mol. The lowest BCUT2D eigenvalue weighted by Gasteiger charge is -1.97. The van der Waals surface area contributed by atoms with Gasteiger partial charge in [-0.25, -0.2) is 0 Å². The Hall–Kier alpha value is 0.400. The number of hydrogen-bond donors (Lipinski definition) is 2. The molecule has 0 aliphatic rings. The number of thiocarbonyl (C=S) groups is 1. The molecule has 0 saturated heterocycles. The van der Waals surface area contributed by atoms with Crippen LogP contribution in [0.5, 0.6) is 0 Å². The van der Waals surface area contributed by atoms with Gasteiger partial charge >= 0.3 is 0 Å². The van der Waals surface area contributed by atoms with Gasteiger partial charge in [-0.3, -0.25) is 0 Å². The molecule has 0 spiro atoms. The summed E-state index contributed by atoms with van der Waals surface area (Å²) >= 11 is 8.38. The van der Waals surface area contributed by atoms with Crippen LogP contribution < -0.4 is 0 Å². The third-order valence-electron chi connectivity index (χ3n) is 0.470. The first kappa shape index (κ1) is 7.40. The summed E-state index contributed by atoms with van der Waals surface area (Å²) in [4.78, 5) is 0. The van der Waals surface area contributed by atoms with Gasteiger partial charge in [0.15, 0.2) is 0 Å². The van der Waals surface area contributed by atoms with Crippen molar-refractivity contribution in [2.75, 3.05) is 0 Å². The quantitative estimate of drug-likeness (QED) is 0.436. The van der Waals surface area contributed by atoms with Gasteiger partial charge in [0.05, 0.1) is 6.10 Å². The van der Waals surface area contributed by atoms with Crippen LogP contribution in [0, 0.1) is 0 Å². The Morgan fingerprint density at radius 1 is 2.00 bits per heavy atom. The number of aliphatic hydroxyl groups is 1. The van der Waals surface area contributed by atoms with Gasteiger partial charge in [0, 0.05) is 10.6 Å². The van der Waals surface area contributed by atoms with Crippen LogP contribution in [0.4, 0.5) is 0 Å². The molecule has 7 heavy (non-hydrogen) atoms. The van der Waals surface area contributed by atoms with Gasteiger partial charge < -0.3 is 5.11 Å².